The summed E-state index contributed by atoms with van der Waals surface area (Å²) < 4.78 is 15.8. The van der Waals surface area contributed by atoms with Crippen LogP contribution in [0.1, 0.15) is 11.5 Å². The molecule has 0 fully saturated rings. The zero-order chi connectivity index (χ0) is 18.5. The fourth-order valence-corrected chi connectivity index (χ4v) is 2.93. The first kappa shape index (κ1) is 18.4. The van der Waals surface area contributed by atoms with Gasteiger partial charge in [0.1, 0.15) is 5.03 Å². The molecule has 134 valence electrons. The average molecular weight is 389 g/mol. The molecule has 0 aliphatic carbocycles. The van der Waals surface area contributed by atoms with E-state index in [0.29, 0.717) is 22.4 Å². The van der Waals surface area contributed by atoms with Gasteiger partial charge in [0.05, 0.1) is 14.2 Å². The quantitative estimate of drug-likeness (QED) is 0.540. The second kappa shape index (κ2) is 8.29. The second-order valence-electron chi connectivity index (χ2n) is 5.26. The molecule has 1 heterocycles. The molecule has 2 aromatic carbocycles. The number of rotatable bonds is 6. The molecule has 0 unspecified atom stereocenters. The Morgan fingerprint density at radius 2 is 1.81 bits per heavy atom. The molecule has 5 nitrogen and oxygen atoms in total. The van der Waals surface area contributed by atoms with Gasteiger partial charge in [-0.05, 0) is 48.2 Å². The molecule has 0 amide bonds. The van der Waals surface area contributed by atoms with Crippen molar-refractivity contribution in [2.75, 3.05) is 20.5 Å². The molecule has 0 saturated carbocycles. The monoisotopic (exact) mass is 388 g/mol. The number of ether oxygens (including phenoxy) is 2. The first-order valence-corrected chi connectivity index (χ1v) is 9.32. The maximum atomic E-state index is 6.34. The molecule has 0 atom stereocenters. The molecule has 0 radical (unpaired) electrons. The van der Waals surface area contributed by atoms with Crippen LogP contribution in [-0.2, 0) is 0 Å². The third-order valence-electron chi connectivity index (χ3n) is 3.68. The van der Waals surface area contributed by atoms with Crippen LogP contribution in [0.25, 0.3) is 22.5 Å². The number of hydrogen-bond donors (Lipinski definition) is 0. The van der Waals surface area contributed by atoms with Gasteiger partial charge in [-0.1, -0.05) is 28.9 Å². The highest BCUT2D eigenvalue weighted by Gasteiger charge is 2.14. The van der Waals surface area contributed by atoms with Gasteiger partial charge in [0, 0.05) is 10.5 Å². The largest absolute Gasteiger partial charge is 0.493 e. The van der Waals surface area contributed by atoms with Gasteiger partial charge in [0.15, 0.2) is 11.5 Å². The van der Waals surface area contributed by atoms with Crippen molar-refractivity contribution in [3.05, 3.63) is 53.9 Å². The number of aromatic nitrogens is 2. The molecule has 0 spiro atoms. The zero-order valence-corrected chi connectivity index (χ0v) is 16.1. The van der Waals surface area contributed by atoms with Gasteiger partial charge in [-0.25, -0.2) is 0 Å². The van der Waals surface area contributed by atoms with Gasteiger partial charge in [-0.3, -0.25) is 0 Å². The molecule has 3 rings (SSSR count). The minimum Gasteiger partial charge on any atom is -0.493 e. The van der Waals surface area contributed by atoms with Crippen LogP contribution in [0.2, 0.25) is 0 Å². The van der Waals surface area contributed by atoms with Crippen LogP contribution in [0.5, 0.6) is 11.5 Å². The van der Waals surface area contributed by atoms with E-state index in [2.05, 4.69) is 10.1 Å². The third-order valence-corrected chi connectivity index (χ3v) is 4.70. The lowest BCUT2D eigenvalue weighted by molar-refractivity contribution is 0.355. The summed E-state index contributed by atoms with van der Waals surface area (Å²) in [7, 11) is 3.16. The SMILES string of the molecule is COc1ccc(-c2noc(/C(Cl)=C/c3ccc(SC)cc3)n2)cc1OC. The highest BCUT2D eigenvalue weighted by Crippen LogP contribution is 2.32. The molecular weight excluding hydrogens is 372 g/mol. The third kappa shape index (κ3) is 4.03. The van der Waals surface area contributed by atoms with Crippen LogP contribution in [0.3, 0.4) is 0 Å². The number of benzene rings is 2. The van der Waals surface area contributed by atoms with Gasteiger partial charge in [0.25, 0.3) is 5.89 Å². The predicted molar refractivity (Wildman–Crippen MR) is 105 cm³/mol. The highest BCUT2D eigenvalue weighted by atomic mass is 35.5. The summed E-state index contributed by atoms with van der Waals surface area (Å²) in [6.45, 7) is 0. The molecule has 0 bridgehead atoms. The lowest BCUT2D eigenvalue weighted by Crippen LogP contribution is -1.91. The van der Waals surface area contributed by atoms with Crippen molar-refractivity contribution in [1.29, 1.82) is 0 Å². The van der Waals surface area contributed by atoms with E-state index in [1.165, 1.54) is 4.90 Å². The van der Waals surface area contributed by atoms with Gasteiger partial charge in [-0.2, -0.15) is 4.98 Å². The van der Waals surface area contributed by atoms with E-state index in [0.717, 1.165) is 11.1 Å². The van der Waals surface area contributed by atoms with Crippen molar-refractivity contribution in [3.63, 3.8) is 0 Å². The Labute approximate surface area is 161 Å². The Balaban J connectivity index is 1.85. The molecule has 26 heavy (non-hydrogen) atoms. The topological polar surface area (TPSA) is 57.4 Å². The van der Waals surface area contributed by atoms with Crippen molar-refractivity contribution in [2.24, 2.45) is 0 Å². The molecule has 0 aliphatic heterocycles. The first-order valence-electron chi connectivity index (χ1n) is 7.72. The summed E-state index contributed by atoms with van der Waals surface area (Å²) in [5, 5.41) is 4.37. The molecule has 1 aromatic heterocycles. The summed E-state index contributed by atoms with van der Waals surface area (Å²) in [5.74, 6) is 1.90. The minimum absolute atomic E-state index is 0.255. The standard InChI is InChI=1S/C19H17ClN2O3S/c1-23-16-9-6-13(11-17(16)24-2)18-21-19(25-22-18)15(20)10-12-4-7-14(26-3)8-5-12/h4-11H,1-3H3/b15-10-. The van der Waals surface area contributed by atoms with Crippen molar-refractivity contribution in [2.45, 2.75) is 4.90 Å². The van der Waals surface area contributed by atoms with Crippen LogP contribution in [0.4, 0.5) is 0 Å². The van der Waals surface area contributed by atoms with Gasteiger partial charge >= 0.3 is 0 Å². The normalized spacial score (nSPS) is 11.5. The minimum atomic E-state index is 0.255. The maximum Gasteiger partial charge on any atom is 0.269 e. The summed E-state index contributed by atoms with van der Waals surface area (Å²) in [6.07, 6.45) is 3.82. The Morgan fingerprint density at radius 1 is 1.08 bits per heavy atom. The number of thioether (sulfide) groups is 1. The van der Waals surface area contributed by atoms with Crippen molar-refractivity contribution in [3.8, 4) is 22.9 Å². The van der Waals surface area contributed by atoms with E-state index < -0.39 is 0 Å². The zero-order valence-electron chi connectivity index (χ0n) is 14.5. The summed E-state index contributed by atoms with van der Waals surface area (Å²) in [5.41, 5.74) is 1.70. The van der Waals surface area contributed by atoms with Crippen LogP contribution < -0.4 is 9.47 Å². The van der Waals surface area contributed by atoms with E-state index in [9.17, 15) is 0 Å². The number of methoxy groups -OCH3 is 2. The molecule has 3 aromatic rings. The van der Waals surface area contributed by atoms with E-state index >= 15 is 0 Å². The van der Waals surface area contributed by atoms with Crippen molar-refractivity contribution >= 4 is 34.5 Å². The number of halogens is 1. The maximum absolute atomic E-state index is 6.34. The lowest BCUT2D eigenvalue weighted by atomic mass is 10.2. The Morgan fingerprint density at radius 3 is 2.46 bits per heavy atom. The van der Waals surface area contributed by atoms with Gasteiger partial charge in [0.2, 0.25) is 5.82 Å². The van der Waals surface area contributed by atoms with E-state index in [1.54, 1.807) is 44.2 Å². The van der Waals surface area contributed by atoms with Crippen molar-refractivity contribution < 1.29 is 14.0 Å². The smallest absolute Gasteiger partial charge is 0.269 e. The molecular formula is C19H17ClN2O3S. The van der Waals surface area contributed by atoms with Crippen LogP contribution in [0, 0.1) is 0 Å². The molecule has 7 heteroatoms. The van der Waals surface area contributed by atoms with Gasteiger partial charge < -0.3 is 14.0 Å². The Bertz CT molecular complexity index is 923. The fourth-order valence-electron chi connectivity index (χ4n) is 2.32. The molecule has 0 saturated heterocycles. The number of nitrogens with zero attached hydrogens (tertiary/aromatic N) is 2. The first-order chi connectivity index (χ1) is 12.6. The predicted octanol–water partition coefficient (Wildman–Crippen LogP) is 5.21. The summed E-state index contributed by atoms with van der Waals surface area (Å²) in [6, 6.07) is 13.4. The second-order valence-corrected chi connectivity index (χ2v) is 6.55. The highest BCUT2D eigenvalue weighted by molar-refractivity contribution is 7.98. The van der Waals surface area contributed by atoms with Crippen LogP contribution in [-0.4, -0.2) is 30.6 Å². The van der Waals surface area contributed by atoms with Crippen LogP contribution >= 0.6 is 23.4 Å². The van der Waals surface area contributed by atoms with E-state index in [1.807, 2.05) is 36.6 Å². The molecule has 0 N–H and O–H groups in total. The summed E-state index contributed by atoms with van der Waals surface area (Å²) in [4.78, 5) is 5.55. The lowest BCUT2D eigenvalue weighted by Gasteiger charge is -2.07. The fraction of sp³-hybridized carbons (Fsp3) is 0.158. The van der Waals surface area contributed by atoms with Gasteiger partial charge in [-0.15, -0.1) is 11.8 Å². The summed E-state index contributed by atoms with van der Waals surface area (Å²) >= 11 is 8.02. The number of hydrogen-bond acceptors (Lipinski definition) is 6. The van der Waals surface area contributed by atoms with Crippen LogP contribution in [0.15, 0.2) is 51.9 Å². The van der Waals surface area contributed by atoms with E-state index in [4.69, 9.17) is 25.6 Å². The Kier molecular flexibility index (Phi) is 5.85. The van der Waals surface area contributed by atoms with E-state index in [-0.39, 0.29) is 5.89 Å². The Hall–Kier alpha value is -2.44. The van der Waals surface area contributed by atoms with Crippen molar-refractivity contribution in [1.82, 2.24) is 10.1 Å². The molecule has 0 aliphatic rings. The average Bonchev–Trinajstić information content (AvgIpc) is 3.18.